The van der Waals surface area contributed by atoms with Gasteiger partial charge < -0.3 is 4.74 Å². The summed E-state index contributed by atoms with van der Waals surface area (Å²) in [6.45, 7) is 6.32. The third kappa shape index (κ3) is 4.58. The van der Waals surface area contributed by atoms with Crippen molar-refractivity contribution in [3.8, 4) is 22.6 Å². The molecule has 4 rings (SSSR count). The lowest BCUT2D eigenvalue weighted by molar-refractivity contribution is 0.475. The Morgan fingerprint density at radius 2 is 1.28 bits per heavy atom. The van der Waals surface area contributed by atoms with Gasteiger partial charge in [-0.2, -0.15) is 0 Å². The van der Waals surface area contributed by atoms with Gasteiger partial charge in [-0.25, -0.2) is 0 Å². The summed E-state index contributed by atoms with van der Waals surface area (Å²) >= 11 is 0. The Morgan fingerprint density at radius 3 is 1.97 bits per heavy atom. The van der Waals surface area contributed by atoms with E-state index < -0.39 is 0 Å². The van der Waals surface area contributed by atoms with E-state index in [9.17, 15) is 0 Å². The zero-order valence-electron chi connectivity index (χ0n) is 17.1. The quantitative estimate of drug-likeness (QED) is 0.341. The van der Waals surface area contributed by atoms with Crippen LogP contribution in [0.4, 0.5) is 0 Å². The lowest BCUT2D eigenvalue weighted by Crippen LogP contribution is -2.05. The van der Waals surface area contributed by atoms with Crippen LogP contribution < -0.4 is 15.3 Å². The number of hydrogen-bond acceptors (Lipinski definition) is 1. The highest BCUT2D eigenvalue weighted by molar-refractivity contribution is 7.55. The van der Waals surface area contributed by atoms with E-state index in [1.165, 1.54) is 38.4 Å². The van der Waals surface area contributed by atoms with E-state index >= 15 is 0 Å². The monoisotopic (exact) mass is 396 g/mol. The minimum absolute atomic E-state index is 0.640. The predicted molar refractivity (Wildman–Crippen MR) is 127 cm³/mol. The van der Waals surface area contributed by atoms with Crippen LogP contribution in [0, 0.1) is 20.8 Å². The number of ether oxygens (including phenoxy) is 1. The molecule has 0 aliphatic heterocycles. The van der Waals surface area contributed by atoms with Crippen molar-refractivity contribution < 1.29 is 4.74 Å². The van der Waals surface area contributed by atoms with Crippen LogP contribution >= 0.6 is 8.58 Å². The van der Waals surface area contributed by atoms with E-state index in [-0.39, 0.29) is 0 Å². The summed E-state index contributed by atoms with van der Waals surface area (Å²) in [5.41, 5.74) is 6.10. The Balaban J connectivity index is 1.59. The molecule has 1 nitrogen and oxygen atoms in total. The van der Waals surface area contributed by atoms with Gasteiger partial charge in [-0.05, 0) is 65.8 Å². The minimum Gasteiger partial charge on any atom is -0.457 e. The second-order valence-corrected chi connectivity index (χ2v) is 8.76. The summed E-state index contributed by atoms with van der Waals surface area (Å²) < 4.78 is 6.21. The fraction of sp³-hybridized carbons (Fsp3) is 0.111. The zero-order chi connectivity index (χ0) is 20.2. The third-order valence-corrected chi connectivity index (χ3v) is 6.30. The summed E-state index contributed by atoms with van der Waals surface area (Å²) in [5.74, 6) is 1.82. The molecule has 1 unspecified atom stereocenters. The molecule has 0 aliphatic rings. The van der Waals surface area contributed by atoms with E-state index in [0.717, 1.165) is 11.5 Å². The van der Waals surface area contributed by atoms with E-state index in [1.807, 2.05) is 0 Å². The molecule has 0 amide bonds. The molecule has 2 heteroatoms. The Bertz CT molecular complexity index is 1090. The number of rotatable bonds is 5. The fourth-order valence-electron chi connectivity index (χ4n) is 3.67. The average molecular weight is 396 g/mol. The van der Waals surface area contributed by atoms with Crippen LogP contribution in [-0.2, 0) is 0 Å². The highest BCUT2D eigenvalue weighted by atomic mass is 31.1. The Labute approximate surface area is 175 Å². The van der Waals surface area contributed by atoms with Crippen molar-refractivity contribution >= 4 is 19.2 Å². The summed E-state index contributed by atoms with van der Waals surface area (Å²) in [4.78, 5) is 0. The molecule has 0 fully saturated rings. The van der Waals surface area contributed by atoms with Gasteiger partial charge in [0, 0.05) is 0 Å². The molecule has 0 bridgehead atoms. The molecule has 0 saturated carbocycles. The molecule has 0 spiro atoms. The standard InChI is InChI=1S/C27H25OP/c1-19-17-20(2)27(21(3)18-19)28-23-15-13-22(14-16-23)25-11-7-8-12-26(25)29-24-9-5-4-6-10-24/h4-18,29H,1-3H3. The molecule has 144 valence electrons. The SMILES string of the molecule is Cc1cc(C)c(Oc2ccc(-c3ccccc3Pc3ccccc3)cc2)c(C)c1. The van der Waals surface area contributed by atoms with Crippen LogP contribution in [0.3, 0.4) is 0 Å². The second kappa shape index (κ2) is 8.64. The fourth-order valence-corrected chi connectivity index (χ4v) is 4.88. The topological polar surface area (TPSA) is 9.23 Å². The maximum Gasteiger partial charge on any atom is 0.133 e. The molecule has 0 aromatic heterocycles. The van der Waals surface area contributed by atoms with Crippen molar-refractivity contribution in [2.75, 3.05) is 0 Å². The second-order valence-electron chi connectivity index (χ2n) is 7.39. The van der Waals surface area contributed by atoms with Crippen molar-refractivity contribution in [2.45, 2.75) is 20.8 Å². The lowest BCUT2D eigenvalue weighted by Gasteiger charge is -2.14. The van der Waals surface area contributed by atoms with Crippen molar-refractivity contribution in [1.29, 1.82) is 0 Å². The third-order valence-electron chi connectivity index (χ3n) is 4.97. The van der Waals surface area contributed by atoms with Gasteiger partial charge in [0.05, 0.1) is 0 Å². The van der Waals surface area contributed by atoms with Gasteiger partial charge in [-0.1, -0.05) is 93.0 Å². The van der Waals surface area contributed by atoms with E-state index in [4.69, 9.17) is 4.74 Å². The molecule has 29 heavy (non-hydrogen) atoms. The maximum atomic E-state index is 6.21. The molecule has 0 saturated heterocycles. The summed E-state index contributed by atoms with van der Waals surface area (Å²) in [7, 11) is 0.640. The first-order chi connectivity index (χ1) is 14.1. The van der Waals surface area contributed by atoms with Gasteiger partial charge in [0.2, 0.25) is 0 Å². The van der Waals surface area contributed by atoms with Gasteiger partial charge in [-0.3, -0.25) is 0 Å². The number of benzene rings is 4. The van der Waals surface area contributed by atoms with Crippen LogP contribution in [0.1, 0.15) is 16.7 Å². The van der Waals surface area contributed by atoms with Crippen LogP contribution in [0.15, 0.2) is 91.0 Å². The summed E-state index contributed by atoms with van der Waals surface area (Å²) in [6.07, 6.45) is 0. The van der Waals surface area contributed by atoms with E-state index in [1.54, 1.807) is 0 Å². The van der Waals surface area contributed by atoms with Gasteiger partial charge >= 0.3 is 0 Å². The van der Waals surface area contributed by atoms with Crippen LogP contribution in [0.25, 0.3) is 11.1 Å². The van der Waals surface area contributed by atoms with Crippen molar-refractivity contribution in [3.63, 3.8) is 0 Å². The van der Waals surface area contributed by atoms with Gasteiger partial charge in [0.25, 0.3) is 0 Å². The Hall–Kier alpha value is -2.89. The van der Waals surface area contributed by atoms with Crippen molar-refractivity contribution in [2.24, 2.45) is 0 Å². The van der Waals surface area contributed by atoms with Crippen LogP contribution in [0.5, 0.6) is 11.5 Å². The maximum absolute atomic E-state index is 6.21. The first-order valence-electron chi connectivity index (χ1n) is 9.87. The van der Waals surface area contributed by atoms with Crippen LogP contribution in [0.2, 0.25) is 0 Å². The Kier molecular flexibility index (Phi) is 5.79. The molecule has 4 aromatic rings. The van der Waals surface area contributed by atoms with Crippen molar-refractivity contribution in [1.82, 2.24) is 0 Å². The molecule has 0 radical (unpaired) electrons. The van der Waals surface area contributed by atoms with E-state index in [0.29, 0.717) is 8.58 Å². The first-order valence-corrected chi connectivity index (χ1v) is 10.9. The van der Waals surface area contributed by atoms with Crippen LogP contribution in [-0.4, -0.2) is 0 Å². The van der Waals surface area contributed by atoms with Gasteiger partial charge in [0.15, 0.2) is 0 Å². The molecule has 0 aliphatic carbocycles. The largest absolute Gasteiger partial charge is 0.457 e. The number of hydrogen-bond donors (Lipinski definition) is 0. The molecule has 1 atom stereocenters. The van der Waals surface area contributed by atoms with Gasteiger partial charge in [-0.15, -0.1) is 0 Å². The smallest absolute Gasteiger partial charge is 0.133 e. The molecule has 0 N–H and O–H groups in total. The summed E-state index contributed by atoms with van der Waals surface area (Å²) in [6, 6.07) is 32.1. The van der Waals surface area contributed by atoms with Crippen molar-refractivity contribution in [3.05, 3.63) is 108 Å². The first kappa shape index (κ1) is 19.4. The highest BCUT2D eigenvalue weighted by Gasteiger charge is 2.09. The molecular weight excluding hydrogens is 371 g/mol. The molecular formula is C27H25OP. The van der Waals surface area contributed by atoms with E-state index in [2.05, 4.69) is 112 Å². The number of aryl methyl sites for hydroxylation is 3. The molecule has 0 heterocycles. The lowest BCUT2D eigenvalue weighted by atomic mass is 10.1. The summed E-state index contributed by atoms with van der Waals surface area (Å²) in [5, 5.41) is 2.71. The highest BCUT2D eigenvalue weighted by Crippen LogP contribution is 2.31. The normalized spacial score (nSPS) is 11.1. The minimum atomic E-state index is 0.640. The predicted octanol–water partition coefficient (Wildman–Crippen LogP) is 6.70. The average Bonchev–Trinajstić information content (AvgIpc) is 2.72. The zero-order valence-corrected chi connectivity index (χ0v) is 18.1. The van der Waals surface area contributed by atoms with Gasteiger partial charge in [0.1, 0.15) is 11.5 Å². The Morgan fingerprint density at radius 1 is 0.655 bits per heavy atom. The molecule has 4 aromatic carbocycles.